The summed E-state index contributed by atoms with van der Waals surface area (Å²) in [4.78, 5) is 31.9. The molecule has 0 aliphatic carbocycles. The second-order valence-corrected chi connectivity index (χ2v) is 6.86. The molecule has 2 heterocycles. The molecule has 1 aromatic carbocycles. The summed E-state index contributed by atoms with van der Waals surface area (Å²) >= 11 is 5.93. The van der Waals surface area contributed by atoms with Gasteiger partial charge in [-0.3, -0.25) is 14.8 Å². The zero-order valence-corrected chi connectivity index (χ0v) is 16.4. The van der Waals surface area contributed by atoms with E-state index < -0.39 is 5.91 Å². The van der Waals surface area contributed by atoms with Crippen molar-refractivity contribution in [1.29, 1.82) is 0 Å². The van der Waals surface area contributed by atoms with Gasteiger partial charge in [0.25, 0.3) is 5.91 Å². The maximum absolute atomic E-state index is 12.5. The van der Waals surface area contributed by atoms with Gasteiger partial charge in [0.1, 0.15) is 0 Å². The molecule has 0 bridgehead atoms. The van der Waals surface area contributed by atoms with Gasteiger partial charge in [0.2, 0.25) is 5.91 Å². The predicted octanol–water partition coefficient (Wildman–Crippen LogP) is 2.62. The number of hydrogen-bond acceptors (Lipinski definition) is 5. The third kappa shape index (κ3) is 5.91. The number of nitrogens with zero attached hydrogens (tertiary/aromatic N) is 3. The topological polar surface area (TPSA) is 85.8 Å². The zero-order valence-electron chi connectivity index (χ0n) is 15.7. The Morgan fingerprint density at radius 3 is 2.21 bits per heavy atom. The summed E-state index contributed by atoms with van der Waals surface area (Å²) in [6.45, 7) is 2.79. The van der Waals surface area contributed by atoms with Crippen LogP contribution in [-0.2, 0) is 9.59 Å². The second-order valence-electron chi connectivity index (χ2n) is 6.42. The molecule has 1 aromatic heterocycles. The molecule has 150 valence electrons. The van der Waals surface area contributed by atoms with Crippen LogP contribution in [0.25, 0.3) is 12.2 Å². The Labute approximate surface area is 173 Å². The number of nitrogens with one attached hydrogen (secondary N) is 1. The van der Waals surface area contributed by atoms with Crippen LogP contribution in [0.2, 0.25) is 5.02 Å². The normalized spacial score (nSPS) is 14.6. The van der Waals surface area contributed by atoms with Gasteiger partial charge < -0.3 is 9.80 Å². The van der Waals surface area contributed by atoms with Crippen LogP contribution in [-0.4, -0.2) is 53.1 Å². The minimum absolute atomic E-state index is 0.0665. The Bertz CT molecular complexity index is 920. The average molecular weight is 413 g/mol. The smallest absolute Gasteiger partial charge is 0.267 e. The van der Waals surface area contributed by atoms with Crippen LogP contribution in [0.1, 0.15) is 11.4 Å². The van der Waals surface area contributed by atoms with E-state index in [2.05, 4.69) is 9.88 Å². The van der Waals surface area contributed by atoms with Gasteiger partial charge in [-0.05, 0) is 48.6 Å². The van der Waals surface area contributed by atoms with Crippen molar-refractivity contribution in [3.63, 3.8) is 0 Å². The summed E-state index contributed by atoms with van der Waals surface area (Å²) in [5.74, 6) is -0.705. The van der Waals surface area contributed by atoms with Crippen molar-refractivity contribution in [2.45, 2.75) is 0 Å². The zero-order chi connectivity index (χ0) is 20.6. The Morgan fingerprint density at radius 2 is 1.59 bits per heavy atom. The number of rotatable bonds is 5. The Morgan fingerprint density at radius 1 is 0.966 bits per heavy atom. The van der Waals surface area contributed by atoms with Crippen molar-refractivity contribution in [3.8, 4) is 0 Å². The molecular formula is C21H21ClN4O3. The van der Waals surface area contributed by atoms with Crippen LogP contribution in [0.5, 0.6) is 0 Å². The number of amides is 2. The predicted molar refractivity (Wildman–Crippen MR) is 112 cm³/mol. The molecule has 1 aliphatic heterocycles. The quantitative estimate of drug-likeness (QED) is 0.448. The first-order valence-electron chi connectivity index (χ1n) is 9.12. The van der Waals surface area contributed by atoms with Gasteiger partial charge in [-0.1, -0.05) is 17.7 Å². The first-order valence-corrected chi connectivity index (χ1v) is 9.49. The number of aromatic nitrogens is 1. The number of carbonyl (C=O) groups is 2. The van der Waals surface area contributed by atoms with E-state index in [-0.39, 0.29) is 5.91 Å². The molecule has 2 N–H and O–H groups in total. The molecule has 7 nitrogen and oxygen atoms in total. The van der Waals surface area contributed by atoms with E-state index in [1.54, 1.807) is 29.2 Å². The van der Waals surface area contributed by atoms with Gasteiger partial charge in [-0.15, -0.1) is 0 Å². The molecule has 0 spiro atoms. The lowest BCUT2D eigenvalue weighted by Gasteiger charge is -2.35. The number of benzene rings is 1. The highest BCUT2D eigenvalue weighted by molar-refractivity contribution is 6.30. The highest BCUT2D eigenvalue weighted by Gasteiger charge is 2.19. The fraction of sp³-hybridized carbons (Fsp3) is 0.190. The molecular weight excluding hydrogens is 392 g/mol. The Hall–Kier alpha value is -3.16. The lowest BCUT2D eigenvalue weighted by molar-refractivity contribution is -0.126. The van der Waals surface area contributed by atoms with Crippen molar-refractivity contribution in [2.75, 3.05) is 31.1 Å². The van der Waals surface area contributed by atoms with Crippen LogP contribution in [0, 0.1) is 0 Å². The van der Waals surface area contributed by atoms with Crippen molar-refractivity contribution >= 4 is 41.3 Å². The molecule has 1 aliphatic rings. The van der Waals surface area contributed by atoms with Crippen LogP contribution in [0.3, 0.4) is 0 Å². The highest BCUT2D eigenvalue weighted by atomic mass is 35.5. The number of hydroxylamine groups is 1. The Kier molecular flexibility index (Phi) is 6.99. The number of halogens is 1. The SMILES string of the molecule is O=C(/C=C/c1cccc(/C=C/C(=O)N2CCN(c3ccc(Cl)cc3)CC2)n1)NO. The fourth-order valence-corrected chi connectivity index (χ4v) is 3.08. The van der Waals surface area contributed by atoms with E-state index in [9.17, 15) is 9.59 Å². The maximum atomic E-state index is 12.5. The molecule has 0 atom stereocenters. The average Bonchev–Trinajstić information content (AvgIpc) is 2.76. The lowest BCUT2D eigenvalue weighted by Crippen LogP contribution is -2.48. The molecule has 3 rings (SSSR count). The highest BCUT2D eigenvalue weighted by Crippen LogP contribution is 2.19. The summed E-state index contributed by atoms with van der Waals surface area (Å²) in [5, 5.41) is 9.20. The van der Waals surface area contributed by atoms with Crippen LogP contribution < -0.4 is 10.4 Å². The number of anilines is 1. The third-order valence-corrected chi connectivity index (χ3v) is 4.74. The first kappa shape index (κ1) is 20.6. The maximum Gasteiger partial charge on any atom is 0.267 e. The van der Waals surface area contributed by atoms with E-state index in [1.165, 1.54) is 23.7 Å². The summed E-state index contributed by atoms with van der Waals surface area (Å²) in [7, 11) is 0. The van der Waals surface area contributed by atoms with Crippen molar-refractivity contribution in [1.82, 2.24) is 15.4 Å². The largest absolute Gasteiger partial charge is 0.368 e. The van der Waals surface area contributed by atoms with Gasteiger partial charge in [-0.2, -0.15) is 0 Å². The summed E-state index contributed by atoms with van der Waals surface area (Å²) < 4.78 is 0. The molecule has 1 saturated heterocycles. The first-order chi connectivity index (χ1) is 14.0. The monoisotopic (exact) mass is 412 g/mol. The summed E-state index contributed by atoms with van der Waals surface area (Å²) in [6, 6.07) is 13.0. The molecule has 2 amide bonds. The van der Waals surface area contributed by atoms with E-state index >= 15 is 0 Å². The van der Waals surface area contributed by atoms with Crippen LogP contribution in [0.4, 0.5) is 5.69 Å². The third-order valence-electron chi connectivity index (χ3n) is 4.49. The minimum Gasteiger partial charge on any atom is -0.368 e. The van der Waals surface area contributed by atoms with Gasteiger partial charge in [-0.25, -0.2) is 10.5 Å². The van der Waals surface area contributed by atoms with Gasteiger partial charge in [0, 0.05) is 49.0 Å². The van der Waals surface area contributed by atoms with E-state index in [0.717, 1.165) is 18.8 Å². The fourth-order valence-electron chi connectivity index (χ4n) is 2.95. The molecule has 0 unspecified atom stereocenters. The molecule has 0 saturated carbocycles. The van der Waals surface area contributed by atoms with Crippen molar-refractivity contribution in [3.05, 3.63) is 71.0 Å². The molecule has 29 heavy (non-hydrogen) atoms. The van der Waals surface area contributed by atoms with Crippen molar-refractivity contribution in [2.24, 2.45) is 0 Å². The molecule has 2 aromatic rings. The number of hydrogen-bond donors (Lipinski definition) is 2. The van der Waals surface area contributed by atoms with Gasteiger partial charge in [0.15, 0.2) is 0 Å². The Balaban J connectivity index is 1.55. The summed E-state index contributed by atoms with van der Waals surface area (Å²) in [5.41, 5.74) is 3.76. The number of carbonyl (C=O) groups excluding carboxylic acids is 2. The van der Waals surface area contributed by atoms with Gasteiger partial charge >= 0.3 is 0 Å². The number of pyridine rings is 1. The standard InChI is InChI=1S/C21H21ClN4O3/c22-16-4-8-19(9-5-16)25-12-14-26(15-13-25)21(28)11-7-18-3-1-2-17(23-18)6-10-20(27)24-29/h1-11,29H,12-15H2,(H,24,27)/b10-6+,11-7+. The molecule has 8 heteroatoms. The molecule has 1 fully saturated rings. The van der Waals surface area contributed by atoms with Gasteiger partial charge in [0.05, 0.1) is 11.4 Å². The number of piperazine rings is 1. The molecule has 0 radical (unpaired) electrons. The van der Waals surface area contributed by atoms with Crippen LogP contribution in [0.15, 0.2) is 54.6 Å². The van der Waals surface area contributed by atoms with E-state index in [0.29, 0.717) is 29.5 Å². The van der Waals surface area contributed by atoms with Crippen molar-refractivity contribution < 1.29 is 14.8 Å². The summed E-state index contributed by atoms with van der Waals surface area (Å²) in [6.07, 6.45) is 5.80. The van der Waals surface area contributed by atoms with E-state index in [1.807, 2.05) is 24.3 Å². The second kappa shape index (κ2) is 9.86. The minimum atomic E-state index is -0.638. The lowest BCUT2D eigenvalue weighted by atomic mass is 10.2. The van der Waals surface area contributed by atoms with E-state index in [4.69, 9.17) is 16.8 Å². The van der Waals surface area contributed by atoms with Crippen LogP contribution >= 0.6 is 11.6 Å².